The molecular formula is C18H23BrN2O5. The SMILES string of the molecule is C=C(Br)C[C@H](NC(=O)[C@@H](NC(=O)OCc1ccccc1)C(C)C)C(=O)O. The van der Waals surface area contributed by atoms with Crippen LogP contribution in [-0.2, 0) is 20.9 Å². The summed E-state index contributed by atoms with van der Waals surface area (Å²) in [5.41, 5.74) is 0.815. The zero-order chi connectivity index (χ0) is 19.7. The van der Waals surface area contributed by atoms with Crippen LogP contribution in [0.3, 0.4) is 0 Å². The van der Waals surface area contributed by atoms with Crippen molar-refractivity contribution in [1.82, 2.24) is 10.6 Å². The molecule has 0 aliphatic carbocycles. The van der Waals surface area contributed by atoms with Crippen LogP contribution in [0.2, 0.25) is 0 Å². The second-order valence-corrected chi connectivity index (χ2v) is 7.17. The number of alkyl carbamates (subject to hydrolysis) is 1. The van der Waals surface area contributed by atoms with Gasteiger partial charge in [0, 0.05) is 6.42 Å². The second kappa shape index (κ2) is 10.6. The third kappa shape index (κ3) is 7.69. The van der Waals surface area contributed by atoms with Crippen LogP contribution in [0.4, 0.5) is 4.79 Å². The van der Waals surface area contributed by atoms with Gasteiger partial charge < -0.3 is 20.5 Å². The van der Waals surface area contributed by atoms with Gasteiger partial charge in [-0.15, -0.1) is 0 Å². The summed E-state index contributed by atoms with van der Waals surface area (Å²) in [5, 5.41) is 14.1. The molecule has 8 heteroatoms. The topological polar surface area (TPSA) is 105 Å². The summed E-state index contributed by atoms with van der Waals surface area (Å²) in [6.45, 7) is 7.12. The van der Waals surface area contributed by atoms with Crippen molar-refractivity contribution >= 4 is 33.9 Å². The number of amides is 2. The summed E-state index contributed by atoms with van der Waals surface area (Å²) < 4.78 is 5.55. The van der Waals surface area contributed by atoms with Gasteiger partial charge in [-0.25, -0.2) is 9.59 Å². The average molecular weight is 427 g/mol. The maximum atomic E-state index is 12.4. The zero-order valence-electron chi connectivity index (χ0n) is 14.7. The van der Waals surface area contributed by atoms with Crippen LogP contribution in [0.15, 0.2) is 41.4 Å². The molecule has 26 heavy (non-hydrogen) atoms. The number of nitrogens with one attached hydrogen (secondary N) is 2. The van der Waals surface area contributed by atoms with Crippen molar-refractivity contribution in [3.8, 4) is 0 Å². The van der Waals surface area contributed by atoms with Crippen LogP contribution in [0.5, 0.6) is 0 Å². The molecule has 0 aliphatic rings. The molecule has 0 aromatic heterocycles. The van der Waals surface area contributed by atoms with Crippen molar-refractivity contribution in [1.29, 1.82) is 0 Å². The first-order chi connectivity index (χ1) is 12.2. The molecule has 0 aliphatic heterocycles. The van der Waals surface area contributed by atoms with E-state index < -0.39 is 30.1 Å². The molecule has 1 aromatic rings. The highest BCUT2D eigenvalue weighted by molar-refractivity contribution is 9.11. The van der Waals surface area contributed by atoms with Crippen molar-refractivity contribution < 1.29 is 24.2 Å². The van der Waals surface area contributed by atoms with E-state index in [0.29, 0.717) is 4.48 Å². The standard InChI is InChI=1S/C18H23BrN2O5/c1-11(2)15(16(22)20-14(17(23)24)9-12(3)19)21-18(25)26-10-13-7-5-4-6-8-13/h4-8,11,14-15H,3,9-10H2,1-2H3,(H,20,22)(H,21,25)(H,23,24)/t14-,15-/m0/s1. The van der Waals surface area contributed by atoms with Crippen molar-refractivity contribution in [2.45, 2.75) is 39.0 Å². The Morgan fingerprint density at radius 3 is 2.31 bits per heavy atom. The molecule has 0 saturated heterocycles. The first-order valence-electron chi connectivity index (χ1n) is 8.04. The Morgan fingerprint density at radius 2 is 1.81 bits per heavy atom. The lowest BCUT2D eigenvalue weighted by molar-refractivity contribution is -0.142. The number of hydrogen-bond donors (Lipinski definition) is 3. The summed E-state index contributed by atoms with van der Waals surface area (Å²) in [6.07, 6.45) is -0.718. The highest BCUT2D eigenvalue weighted by atomic mass is 79.9. The lowest BCUT2D eigenvalue weighted by Crippen LogP contribution is -2.53. The van der Waals surface area contributed by atoms with Crippen LogP contribution < -0.4 is 10.6 Å². The zero-order valence-corrected chi connectivity index (χ0v) is 16.3. The van der Waals surface area contributed by atoms with Crippen molar-refractivity contribution in [2.75, 3.05) is 0 Å². The molecule has 0 radical (unpaired) electrons. The first-order valence-corrected chi connectivity index (χ1v) is 8.83. The predicted molar refractivity (Wildman–Crippen MR) is 101 cm³/mol. The summed E-state index contributed by atoms with van der Waals surface area (Å²) in [7, 11) is 0. The van der Waals surface area contributed by atoms with Gasteiger partial charge in [-0.3, -0.25) is 4.79 Å². The third-order valence-corrected chi connectivity index (χ3v) is 3.80. The van der Waals surface area contributed by atoms with Gasteiger partial charge in [-0.1, -0.05) is 66.7 Å². The lowest BCUT2D eigenvalue weighted by atomic mass is 10.0. The van der Waals surface area contributed by atoms with E-state index in [2.05, 4.69) is 33.1 Å². The molecule has 3 N–H and O–H groups in total. The number of aliphatic carboxylic acids is 1. The number of ether oxygens (including phenoxy) is 1. The van der Waals surface area contributed by atoms with Gasteiger partial charge in [0.15, 0.2) is 0 Å². The quantitative estimate of drug-likeness (QED) is 0.562. The third-order valence-electron chi connectivity index (χ3n) is 3.48. The molecule has 142 valence electrons. The fourth-order valence-corrected chi connectivity index (χ4v) is 2.43. The average Bonchev–Trinajstić information content (AvgIpc) is 2.57. The molecule has 0 heterocycles. The summed E-state index contributed by atoms with van der Waals surface area (Å²) >= 11 is 3.08. The Labute approximate surface area is 160 Å². The Balaban J connectivity index is 2.65. The highest BCUT2D eigenvalue weighted by Crippen LogP contribution is 2.11. The Kier molecular flexibility index (Phi) is 8.84. The minimum absolute atomic E-state index is 0.0321. The monoisotopic (exact) mass is 426 g/mol. The number of halogens is 1. The number of carboxylic acids is 1. The number of rotatable bonds is 9. The fraction of sp³-hybridized carbons (Fsp3) is 0.389. The molecule has 0 spiro atoms. The van der Waals surface area contributed by atoms with Crippen LogP contribution in [0.25, 0.3) is 0 Å². The molecule has 0 fully saturated rings. The first kappa shape index (κ1) is 21.7. The van der Waals surface area contributed by atoms with Crippen LogP contribution in [0.1, 0.15) is 25.8 Å². The molecule has 0 bridgehead atoms. The van der Waals surface area contributed by atoms with Gasteiger partial charge in [-0.05, 0) is 16.0 Å². The Bertz CT molecular complexity index is 648. The Hall–Kier alpha value is -2.35. The minimum atomic E-state index is -1.19. The molecule has 2 atom stereocenters. The molecule has 0 unspecified atom stereocenters. The van der Waals surface area contributed by atoms with E-state index in [1.807, 2.05) is 30.3 Å². The highest BCUT2D eigenvalue weighted by Gasteiger charge is 2.29. The van der Waals surface area contributed by atoms with E-state index in [1.54, 1.807) is 13.8 Å². The van der Waals surface area contributed by atoms with Crippen molar-refractivity contribution in [2.24, 2.45) is 5.92 Å². The number of carbonyl (C=O) groups is 3. The van der Waals surface area contributed by atoms with E-state index >= 15 is 0 Å². The number of hydrogen-bond acceptors (Lipinski definition) is 4. The van der Waals surface area contributed by atoms with Gasteiger partial charge in [0.2, 0.25) is 5.91 Å². The Morgan fingerprint density at radius 1 is 1.19 bits per heavy atom. The van der Waals surface area contributed by atoms with Crippen LogP contribution in [0, 0.1) is 5.92 Å². The van der Waals surface area contributed by atoms with Crippen molar-refractivity contribution in [3.63, 3.8) is 0 Å². The molecule has 1 rings (SSSR count). The van der Waals surface area contributed by atoms with E-state index in [9.17, 15) is 19.5 Å². The van der Waals surface area contributed by atoms with E-state index in [4.69, 9.17) is 4.74 Å². The van der Waals surface area contributed by atoms with Gasteiger partial charge in [0.1, 0.15) is 18.7 Å². The number of benzene rings is 1. The number of carboxylic acid groups (broad SMARTS) is 1. The summed E-state index contributed by atoms with van der Waals surface area (Å²) in [5.74, 6) is -2.05. The van der Waals surface area contributed by atoms with Crippen LogP contribution >= 0.6 is 15.9 Å². The lowest BCUT2D eigenvalue weighted by Gasteiger charge is -2.23. The largest absolute Gasteiger partial charge is 0.480 e. The molecule has 7 nitrogen and oxygen atoms in total. The van der Waals surface area contributed by atoms with E-state index in [0.717, 1.165) is 5.56 Å². The fourth-order valence-electron chi connectivity index (χ4n) is 2.11. The van der Waals surface area contributed by atoms with E-state index in [1.165, 1.54) is 0 Å². The normalized spacial score (nSPS) is 12.8. The molecule has 2 amide bonds. The minimum Gasteiger partial charge on any atom is -0.480 e. The van der Waals surface area contributed by atoms with Gasteiger partial charge in [0.25, 0.3) is 0 Å². The van der Waals surface area contributed by atoms with E-state index in [-0.39, 0.29) is 18.9 Å². The van der Waals surface area contributed by atoms with Gasteiger partial charge in [0.05, 0.1) is 0 Å². The van der Waals surface area contributed by atoms with Gasteiger partial charge >= 0.3 is 12.1 Å². The molecule has 1 aromatic carbocycles. The van der Waals surface area contributed by atoms with Crippen molar-refractivity contribution in [3.05, 3.63) is 47.0 Å². The maximum absolute atomic E-state index is 12.4. The smallest absolute Gasteiger partial charge is 0.408 e. The van der Waals surface area contributed by atoms with Gasteiger partial charge in [-0.2, -0.15) is 0 Å². The second-order valence-electron chi connectivity index (χ2n) is 6.05. The molecule has 0 saturated carbocycles. The predicted octanol–water partition coefficient (Wildman–Crippen LogP) is 2.81. The summed E-state index contributed by atoms with van der Waals surface area (Å²) in [6, 6.07) is 7.05. The molecular weight excluding hydrogens is 404 g/mol. The summed E-state index contributed by atoms with van der Waals surface area (Å²) in [4.78, 5) is 35.6. The maximum Gasteiger partial charge on any atom is 0.408 e. The number of carbonyl (C=O) groups excluding carboxylic acids is 2. The van der Waals surface area contributed by atoms with Crippen LogP contribution in [-0.4, -0.2) is 35.2 Å².